The summed E-state index contributed by atoms with van der Waals surface area (Å²) in [5, 5.41) is 5.42. The van der Waals surface area contributed by atoms with Crippen LogP contribution in [0.5, 0.6) is 11.5 Å². The van der Waals surface area contributed by atoms with Gasteiger partial charge in [-0.3, -0.25) is 9.59 Å². The van der Waals surface area contributed by atoms with Crippen molar-refractivity contribution in [1.29, 1.82) is 0 Å². The predicted molar refractivity (Wildman–Crippen MR) is 489 cm³/mol. The summed E-state index contributed by atoms with van der Waals surface area (Å²) in [5.74, 6) is 4.79. The Labute approximate surface area is 774 Å². The van der Waals surface area contributed by atoms with Crippen LogP contribution in [0.15, 0.2) is 108 Å². The van der Waals surface area contributed by atoms with Gasteiger partial charge < -0.3 is 137 Å². The SMILES string of the molecule is COCCOCCOCCSc1cc2c(cc1SCCOCCOCCOC)-c1nc-2nc2[n-]c(nc3nc(nc4[n-]c(n1)c1cc(SCCOCCOCCOC)c(SCCOCCOCCOC)cc41)-c1cc(SCCOCCOCCOC)c(SCCOCCOCCOC)cc1-3)c1cc(Oc3ccc(C(=O)N[C@@H](CCCCN)C(N)=O)cc3)ccc21.[Zn+2]. The summed E-state index contributed by atoms with van der Waals surface area (Å²) in [5.41, 5.74) is 15.9. The third kappa shape index (κ3) is 34.7. The maximum Gasteiger partial charge on any atom is 2.00 e. The molecule has 0 saturated carbocycles. The molecule has 32 nitrogen and oxygen atoms in total. The zero-order valence-corrected chi connectivity index (χ0v) is 80.7. The Morgan fingerprint density at radius 1 is 0.333 bits per heavy atom. The van der Waals surface area contributed by atoms with E-state index in [2.05, 4.69) is 41.7 Å². The Balaban J connectivity index is 0.0000180. The molecular formula is C87H117N11O21S6Zn. The quantitative estimate of drug-likeness (QED) is 0.0181. The van der Waals surface area contributed by atoms with E-state index in [9.17, 15) is 9.59 Å². The van der Waals surface area contributed by atoms with E-state index in [0.29, 0.717) is 354 Å². The van der Waals surface area contributed by atoms with Gasteiger partial charge in [0, 0.05) is 157 Å². The van der Waals surface area contributed by atoms with Crippen molar-refractivity contribution in [3.05, 3.63) is 84.4 Å². The number of thioether (sulfide) groups is 6. The van der Waals surface area contributed by atoms with E-state index in [-0.39, 0.29) is 25.1 Å². The molecule has 0 spiro atoms. The molecule has 2 amide bonds. The normalized spacial score (nSPS) is 12.1. The second-order valence-corrected chi connectivity index (χ2v) is 34.3. The van der Waals surface area contributed by atoms with Crippen LogP contribution in [0.2, 0.25) is 0 Å². The van der Waals surface area contributed by atoms with Crippen LogP contribution in [0, 0.1) is 0 Å². The van der Waals surface area contributed by atoms with Crippen LogP contribution >= 0.6 is 70.6 Å². The number of ether oxygens (including phenoxy) is 19. The first-order valence-corrected chi connectivity index (χ1v) is 47.6. The molecule has 1 atom stereocenters. The number of rotatable bonds is 69. The van der Waals surface area contributed by atoms with Gasteiger partial charge in [-0.1, -0.05) is 0 Å². The van der Waals surface area contributed by atoms with Crippen LogP contribution in [0.1, 0.15) is 29.6 Å². The van der Waals surface area contributed by atoms with Crippen LogP contribution in [-0.4, -0.2) is 330 Å². The molecule has 0 unspecified atom stereocenters. The molecular weight excluding hydrogens is 1790 g/mol. The van der Waals surface area contributed by atoms with Crippen LogP contribution in [-0.2, 0) is 110 Å². The number of carbonyl (C=O) groups is 2. The van der Waals surface area contributed by atoms with Gasteiger partial charge >= 0.3 is 19.5 Å². The van der Waals surface area contributed by atoms with Gasteiger partial charge in [-0.25, -0.2) is 9.97 Å². The molecule has 0 fully saturated rings. The van der Waals surface area contributed by atoms with Crippen molar-refractivity contribution in [3.8, 4) is 57.1 Å². The summed E-state index contributed by atoms with van der Waals surface area (Å²) in [4.78, 5) is 75.7. The number of unbranched alkanes of at least 4 members (excludes halogenated alkanes) is 1. The average molecular weight is 1910 g/mol. The molecule has 5 heterocycles. The standard InChI is InChI=1S/C87H119N11O21S6.Zn/c1-101-17-23-107-29-35-113-41-47-120-72-54-65-66(55-73(72)121-48-42-114-36-30-108-24-18-102-2)83-94-81(65)92-79-63-15-14-62(119-61-12-10-60(11-13-61)87(100)90-71(78(89)99)9-7-8-16-88)53-64(63)80(91-79)93-82-67-56-74(122-49-43-115-37-31-109-25-19-103-3)75(123-50-44-116-38-32-110-26-20-104-4)57-68(67)84(95-82)97-86-70-59-77(125-52-46-118-40-34-112-28-22-106-6)76(58-69(70)85(96-83)98-86)124-51-45-117-39-33-111-27-21-105-5;/h10-15,53-59,71H,7-9,16-52,88H2,1-6H3,(H5,89,90,91,92,93,94,95,96,97,98,99,100);/q;+2/p-2/t71-;/m0./s1. The smallest absolute Gasteiger partial charge is 0.457 e. The van der Waals surface area contributed by atoms with Gasteiger partial charge in [0.2, 0.25) is 5.91 Å². The number of carbonyl (C=O) groups excluding carboxylic acids is 2. The Morgan fingerprint density at radius 2 is 0.603 bits per heavy atom. The maximum absolute atomic E-state index is 13.6. The summed E-state index contributed by atoms with van der Waals surface area (Å²) in [6.07, 6.45) is 1.67. The van der Waals surface area contributed by atoms with E-state index in [1.54, 1.807) is 137 Å². The van der Waals surface area contributed by atoms with Crippen LogP contribution < -0.4 is 31.5 Å². The summed E-state index contributed by atoms with van der Waals surface area (Å²) in [7, 11) is 9.87. The third-order valence-electron chi connectivity index (χ3n) is 18.5. The van der Waals surface area contributed by atoms with E-state index in [4.69, 9.17) is 141 Å². The predicted octanol–water partition coefficient (Wildman–Crippen LogP) is 11.3. The number of hydrogen-bond acceptors (Lipinski definition) is 34. The zero-order valence-electron chi connectivity index (χ0n) is 72.8. The van der Waals surface area contributed by atoms with Gasteiger partial charge in [-0.15, -0.1) is 70.6 Å². The van der Waals surface area contributed by atoms with E-state index in [1.165, 1.54) is 0 Å². The number of benzene rings is 5. The first-order valence-electron chi connectivity index (χ1n) is 41.7. The number of primary amides is 1. The van der Waals surface area contributed by atoms with Gasteiger partial charge in [-0.05, 0) is 126 Å². The molecule has 2 aliphatic rings. The minimum Gasteiger partial charge on any atom is -0.457 e. The van der Waals surface area contributed by atoms with Crippen molar-refractivity contribution in [1.82, 2.24) is 45.2 Å². The van der Waals surface area contributed by atoms with Crippen molar-refractivity contribution < 1.29 is 119 Å². The summed E-state index contributed by atoms with van der Waals surface area (Å²) < 4.78 is 109. The van der Waals surface area contributed by atoms with E-state index in [1.807, 2.05) is 18.2 Å². The molecule has 39 heteroatoms. The van der Waals surface area contributed by atoms with Crippen molar-refractivity contribution in [2.24, 2.45) is 11.5 Å². The van der Waals surface area contributed by atoms with Gasteiger partial charge in [0.25, 0.3) is 5.91 Å². The zero-order chi connectivity index (χ0) is 87.7. The van der Waals surface area contributed by atoms with Gasteiger partial charge in [-0.2, -0.15) is 0 Å². The average Bonchev–Trinajstić information content (AvgIpc) is 1.59. The topological polar surface area (TPSA) is 379 Å². The first kappa shape index (κ1) is 104. The Bertz CT molecular complexity index is 4730. The molecule has 126 heavy (non-hydrogen) atoms. The molecule has 8 bridgehead atoms. The van der Waals surface area contributed by atoms with E-state index < -0.39 is 17.9 Å². The largest absolute Gasteiger partial charge is 2.00 e. The van der Waals surface area contributed by atoms with Crippen LogP contribution in [0.4, 0.5) is 0 Å². The Hall–Kier alpha value is -5.84. The minimum atomic E-state index is -0.866. The molecule has 8 aromatic rings. The Kier molecular flexibility index (Phi) is 50.3. The molecule has 5 aromatic carbocycles. The number of amides is 2. The fourth-order valence-electron chi connectivity index (χ4n) is 12.3. The molecule has 0 aliphatic carbocycles. The molecule has 3 aromatic heterocycles. The second kappa shape index (κ2) is 61.0. The number of methoxy groups -OCH3 is 6. The number of aromatic nitrogens is 8. The fourth-order valence-corrected chi connectivity index (χ4v) is 18.3. The molecule has 5 N–H and O–H groups in total. The fraction of sp³-hybridized carbons (Fsp3) is 0.540. The van der Waals surface area contributed by atoms with Crippen LogP contribution in [0.25, 0.3) is 89.7 Å². The monoisotopic (exact) mass is 1910 g/mol. The van der Waals surface area contributed by atoms with Crippen molar-refractivity contribution in [2.45, 2.75) is 54.7 Å². The number of nitrogens with two attached hydrogens (primary N) is 2. The summed E-state index contributed by atoms with van der Waals surface area (Å²) in [6.45, 7) is 14.0. The number of fused-ring (bicyclic) bond motifs is 20. The number of nitrogens with zero attached hydrogens (tertiary/aromatic N) is 8. The van der Waals surface area contributed by atoms with Gasteiger partial charge in [0.1, 0.15) is 17.5 Å². The van der Waals surface area contributed by atoms with E-state index in [0.717, 1.165) is 34.8 Å². The maximum atomic E-state index is 13.6. The minimum absolute atomic E-state index is 0. The molecule has 2 aliphatic heterocycles. The van der Waals surface area contributed by atoms with Gasteiger partial charge in [0.05, 0.1) is 222 Å². The first-order chi connectivity index (χ1) is 61.5. The van der Waals surface area contributed by atoms with Crippen LogP contribution in [0.3, 0.4) is 0 Å². The number of hydrogen-bond donors (Lipinski definition) is 3. The molecule has 0 radical (unpaired) electrons. The van der Waals surface area contributed by atoms with Crippen molar-refractivity contribution >= 4 is 127 Å². The van der Waals surface area contributed by atoms with Crippen molar-refractivity contribution in [3.63, 3.8) is 0 Å². The second-order valence-electron chi connectivity index (χ2n) is 27.5. The van der Waals surface area contributed by atoms with E-state index >= 15 is 0 Å². The third-order valence-corrected chi connectivity index (χ3v) is 25.1. The molecule has 0 saturated heterocycles. The molecule has 684 valence electrons. The van der Waals surface area contributed by atoms with Gasteiger partial charge in [0.15, 0.2) is 0 Å². The summed E-state index contributed by atoms with van der Waals surface area (Å²) in [6, 6.07) is 24.1. The Morgan fingerprint density at radius 3 is 0.897 bits per heavy atom. The van der Waals surface area contributed by atoms with Crippen molar-refractivity contribution in [2.75, 3.05) is 282 Å². The molecule has 10 rings (SSSR count). The summed E-state index contributed by atoms with van der Waals surface area (Å²) >= 11 is 9.96. The number of nitrogens with one attached hydrogen (secondary N) is 1.